The average Bonchev–Trinajstić information content (AvgIpc) is 3.07. The van der Waals surface area contributed by atoms with Gasteiger partial charge in [-0.1, -0.05) is 13.8 Å². The summed E-state index contributed by atoms with van der Waals surface area (Å²) in [5, 5.41) is 7.20. The third-order valence-electron chi connectivity index (χ3n) is 4.23. The quantitative estimate of drug-likeness (QED) is 0.790. The number of nitrogens with two attached hydrogens (primary N) is 1. The van der Waals surface area contributed by atoms with Gasteiger partial charge >= 0.3 is 0 Å². The van der Waals surface area contributed by atoms with Gasteiger partial charge < -0.3 is 20.5 Å². The number of amides is 2. The molecule has 0 unspecified atom stereocenters. The zero-order valence-corrected chi connectivity index (χ0v) is 17.4. The van der Waals surface area contributed by atoms with Crippen molar-refractivity contribution < 1.29 is 19.1 Å². The summed E-state index contributed by atoms with van der Waals surface area (Å²) in [6, 6.07) is 4.70. The predicted octanol–water partition coefficient (Wildman–Crippen LogP) is 3.13. The second-order valence-corrected chi connectivity index (χ2v) is 7.76. The molecular formula is C20H28N4O4. The molecule has 0 spiro atoms. The van der Waals surface area contributed by atoms with Gasteiger partial charge in [-0.15, -0.1) is 0 Å². The molecule has 0 aliphatic rings. The van der Waals surface area contributed by atoms with Gasteiger partial charge in [0.15, 0.2) is 17.2 Å². The molecule has 0 aliphatic heterocycles. The number of rotatable bonds is 6. The molecule has 0 aliphatic carbocycles. The van der Waals surface area contributed by atoms with Gasteiger partial charge in [0.25, 0.3) is 11.8 Å². The first kappa shape index (κ1) is 21.3. The fourth-order valence-corrected chi connectivity index (χ4v) is 2.83. The normalized spacial score (nSPS) is 11.4. The van der Waals surface area contributed by atoms with Gasteiger partial charge in [0, 0.05) is 11.8 Å². The molecule has 8 nitrogen and oxygen atoms in total. The lowest BCUT2D eigenvalue weighted by Crippen LogP contribution is -2.26. The van der Waals surface area contributed by atoms with Crippen molar-refractivity contribution in [3.05, 3.63) is 35.2 Å². The second-order valence-electron chi connectivity index (χ2n) is 7.76. The molecule has 1 aromatic carbocycles. The van der Waals surface area contributed by atoms with Crippen molar-refractivity contribution in [3.63, 3.8) is 0 Å². The maximum atomic E-state index is 12.8. The smallest absolute Gasteiger partial charge is 0.276 e. The summed E-state index contributed by atoms with van der Waals surface area (Å²) < 4.78 is 12.3. The van der Waals surface area contributed by atoms with Gasteiger partial charge in [-0.05, 0) is 38.8 Å². The number of aromatic nitrogens is 2. The Labute approximate surface area is 165 Å². The number of ether oxygens (including phenoxy) is 2. The molecule has 0 atom stereocenters. The minimum absolute atomic E-state index is 0.116. The van der Waals surface area contributed by atoms with Crippen molar-refractivity contribution >= 4 is 17.5 Å². The SMILES string of the molecule is COc1cc(NC(=O)c2cc(C(C)C)n(C(C)(C)C)n2)c(C(N)=O)cc1OC. The number of primary amides is 1. The average molecular weight is 388 g/mol. The molecule has 3 N–H and O–H groups in total. The second kappa shape index (κ2) is 7.92. The molecule has 0 radical (unpaired) electrons. The maximum absolute atomic E-state index is 12.8. The molecule has 2 amide bonds. The molecule has 2 aromatic rings. The predicted molar refractivity (Wildman–Crippen MR) is 107 cm³/mol. The zero-order valence-electron chi connectivity index (χ0n) is 17.4. The summed E-state index contributed by atoms with van der Waals surface area (Å²) in [5.41, 5.74) is 6.73. The van der Waals surface area contributed by atoms with Crippen LogP contribution in [0.15, 0.2) is 18.2 Å². The first-order valence-electron chi connectivity index (χ1n) is 8.97. The van der Waals surface area contributed by atoms with Crippen LogP contribution >= 0.6 is 0 Å². The van der Waals surface area contributed by atoms with E-state index < -0.39 is 11.8 Å². The first-order valence-corrected chi connectivity index (χ1v) is 8.97. The van der Waals surface area contributed by atoms with Gasteiger partial charge in [-0.2, -0.15) is 5.10 Å². The van der Waals surface area contributed by atoms with E-state index in [4.69, 9.17) is 15.2 Å². The van der Waals surface area contributed by atoms with Crippen molar-refractivity contribution in [1.82, 2.24) is 9.78 Å². The lowest BCUT2D eigenvalue weighted by atomic mass is 10.1. The third-order valence-corrected chi connectivity index (χ3v) is 4.23. The lowest BCUT2D eigenvalue weighted by Gasteiger charge is -2.23. The van der Waals surface area contributed by atoms with Crippen LogP contribution in [0.3, 0.4) is 0 Å². The van der Waals surface area contributed by atoms with Crippen LogP contribution in [0.2, 0.25) is 0 Å². The van der Waals surface area contributed by atoms with E-state index in [0.717, 1.165) is 5.69 Å². The number of hydrogen-bond donors (Lipinski definition) is 2. The molecule has 0 fully saturated rings. The van der Waals surface area contributed by atoms with E-state index in [2.05, 4.69) is 10.4 Å². The Morgan fingerprint density at radius 3 is 2.11 bits per heavy atom. The van der Waals surface area contributed by atoms with Crippen LogP contribution in [0.5, 0.6) is 11.5 Å². The molecule has 2 rings (SSSR count). The summed E-state index contributed by atoms with van der Waals surface area (Å²) in [5.74, 6) is -0.242. The number of carbonyl (C=O) groups is 2. The highest BCUT2D eigenvalue weighted by Gasteiger charge is 2.25. The van der Waals surface area contributed by atoms with Crippen LogP contribution in [0.25, 0.3) is 0 Å². The van der Waals surface area contributed by atoms with Crippen molar-refractivity contribution in [1.29, 1.82) is 0 Å². The molecule has 1 aromatic heterocycles. The standard InChI is InChI=1S/C20H28N4O4/c1-11(2)15-9-14(23-24(15)20(3,4)5)19(26)22-13-10-17(28-7)16(27-6)8-12(13)18(21)25/h8-11H,1-7H3,(H2,21,25)(H,22,26). The Kier molecular flexibility index (Phi) is 6.01. The van der Waals surface area contributed by atoms with E-state index in [0.29, 0.717) is 11.5 Å². The highest BCUT2D eigenvalue weighted by atomic mass is 16.5. The van der Waals surface area contributed by atoms with Crippen molar-refractivity contribution in [2.45, 2.75) is 46.1 Å². The number of anilines is 1. The first-order chi connectivity index (χ1) is 13.0. The number of benzene rings is 1. The van der Waals surface area contributed by atoms with E-state index in [-0.39, 0.29) is 28.4 Å². The van der Waals surface area contributed by atoms with Crippen molar-refractivity contribution in [2.75, 3.05) is 19.5 Å². The van der Waals surface area contributed by atoms with Crippen LogP contribution in [-0.2, 0) is 5.54 Å². The number of methoxy groups -OCH3 is 2. The van der Waals surface area contributed by atoms with E-state index >= 15 is 0 Å². The molecule has 0 bridgehead atoms. The van der Waals surface area contributed by atoms with Crippen molar-refractivity contribution in [3.8, 4) is 11.5 Å². The van der Waals surface area contributed by atoms with Gasteiger partial charge in [0.2, 0.25) is 0 Å². The van der Waals surface area contributed by atoms with Crippen molar-refractivity contribution in [2.24, 2.45) is 5.73 Å². The topological polar surface area (TPSA) is 108 Å². The molecular weight excluding hydrogens is 360 g/mol. The molecule has 152 valence electrons. The zero-order chi connectivity index (χ0) is 21.2. The minimum atomic E-state index is -0.695. The summed E-state index contributed by atoms with van der Waals surface area (Å²) in [6.45, 7) is 10.1. The van der Waals surface area contributed by atoms with Crippen LogP contribution < -0.4 is 20.5 Å². The molecule has 8 heteroatoms. The third kappa shape index (κ3) is 4.27. The largest absolute Gasteiger partial charge is 0.493 e. The van der Waals surface area contributed by atoms with Gasteiger partial charge in [0.05, 0.1) is 31.0 Å². The molecule has 0 saturated carbocycles. The number of hydrogen-bond acceptors (Lipinski definition) is 5. The van der Waals surface area contributed by atoms with Gasteiger partial charge in [0.1, 0.15) is 0 Å². The number of carbonyl (C=O) groups excluding carboxylic acids is 2. The van der Waals surface area contributed by atoms with Crippen LogP contribution in [0.1, 0.15) is 67.1 Å². The maximum Gasteiger partial charge on any atom is 0.276 e. The minimum Gasteiger partial charge on any atom is -0.493 e. The summed E-state index contributed by atoms with van der Waals surface area (Å²) in [4.78, 5) is 24.7. The van der Waals surface area contributed by atoms with E-state index in [1.54, 1.807) is 6.07 Å². The Bertz CT molecular complexity index is 894. The Hall–Kier alpha value is -3.03. The molecule has 0 saturated heterocycles. The number of nitrogens with zero attached hydrogens (tertiary/aromatic N) is 2. The summed E-state index contributed by atoms with van der Waals surface area (Å²) in [7, 11) is 2.92. The Balaban J connectivity index is 2.46. The van der Waals surface area contributed by atoms with Crippen LogP contribution in [0, 0.1) is 0 Å². The fourth-order valence-electron chi connectivity index (χ4n) is 2.83. The van der Waals surface area contributed by atoms with Gasteiger partial charge in [-0.3, -0.25) is 14.3 Å². The number of nitrogens with one attached hydrogen (secondary N) is 1. The van der Waals surface area contributed by atoms with Crippen LogP contribution in [-0.4, -0.2) is 35.8 Å². The highest BCUT2D eigenvalue weighted by molar-refractivity contribution is 6.08. The highest BCUT2D eigenvalue weighted by Crippen LogP contribution is 2.33. The Morgan fingerprint density at radius 2 is 1.68 bits per heavy atom. The monoisotopic (exact) mass is 388 g/mol. The van der Waals surface area contributed by atoms with Crippen LogP contribution in [0.4, 0.5) is 5.69 Å². The Morgan fingerprint density at radius 1 is 1.11 bits per heavy atom. The van der Waals surface area contributed by atoms with E-state index in [1.807, 2.05) is 39.3 Å². The van der Waals surface area contributed by atoms with E-state index in [1.165, 1.54) is 26.4 Å². The lowest BCUT2D eigenvalue weighted by molar-refractivity contribution is 0.100. The summed E-state index contributed by atoms with van der Waals surface area (Å²) in [6.07, 6.45) is 0. The summed E-state index contributed by atoms with van der Waals surface area (Å²) >= 11 is 0. The van der Waals surface area contributed by atoms with Gasteiger partial charge in [-0.25, -0.2) is 0 Å². The molecule has 1 heterocycles. The van der Waals surface area contributed by atoms with E-state index in [9.17, 15) is 9.59 Å². The molecule has 28 heavy (non-hydrogen) atoms. The fraction of sp³-hybridized carbons (Fsp3) is 0.450.